The second-order valence-corrected chi connectivity index (χ2v) is 1.73. The molecule has 6 heavy (non-hydrogen) atoms. The van der Waals surface area contributed by atoms with E-state index in [0.717, 1.165) is 4.48 Å². The quantitative estimate of drug-likeness (QED) is 0.549. The average molecular weight is 148 g/mol. The molecule has 0 heterocycles. The number of hydrogen-bond donors (Lipinski definition) is 1. The Labute approximate surface area is 45.7 Å². The lowest BCUT2D eigenvalue weighted by Crippen LogP contribution is -1.62. The van der Waals surface area contributed by atoms with Crippen molar-refractivity contribution in [1.82, 2.24) is 0 Å². The summed E-state index contributed by atoms with van der Waals surface area (Å²) in [6.45, 7) is 1.87. The van der Waals surface area contributed by atoms with E-state index in [-0.39, 0.29) is 0 Å². The van der Waals surface area contributed by atoms with Crippen LogP contribution in [0.1, 0.15) is 6.92 Å². The van der Waals surface area contributed by atoms with Gasteiger partial charge < -0.3 is 5.41 Å². The Morgan fingerprint density at radius 3 is 2.33 bits per heavy atom. The lowest BCUT2D eigenvalue weighted by atomic mass is 10.6. The fourth-order valence-electron chi connectivity index (χ4n) is 0.0833. The molecule has 0 radical (unpaired) electrons. The van der Waals surface area contributed by atoms with E-state index >= 15 is 0 Å². The molecule has 1 nitrogen and oxygen atoms in total. The summed E-state index contributed by atoms with van der Waals surface area (Å²) in [5.74, 6) is 0. The zero-order valence-electron chi connectivity index (χ0n) is 3.53. The third-order valence-corrected chi connectivity index (χ3v) is 1.10. The minimum Gasteiger partial charge on any atom is -0.308 e. The highest BCUT2D eigenvalue weighted by Gasteiger charge is 1.71. The molecule has 0 saturated heterocycles. The number of rotatable bonds is 1. The topological polar surface area (TPSA) is 23.9 Å². The van der Waals surface area contributed by atoms with Crippen LogP contribution in [0.2, 0.25) is 0 Å². The van der Waals surface area contributed by atoms with Gasteiger partial charge in [-0.05, 0) is 22.9 Å². The van der Waals surface area contributed by atoms with E-state index in [9.17, 15) is 0 Å². The molecule has 0 aliphatic carbocycles. The molecular weight excluding hydrogens is 142 g/mol. The first-order chi connectivity index (χ1) is 2.81. The van der Waals surface area contributed by atoms with Gasteiger partial charge in [0, 0.05) is 10.7 Å². The van der Waals surface area contributed by atoms with E-state index in [1.54, 1.807) is 0 Å². The summed E-state index contributed by atoms with van der Waals surface area (Å²) in [5.41, 5.74) is 0. The second kappa shape index (κ2) is 3.09. The Kier molecular flexibility index (Phi) is 3.04. The van der Waals surface area contributed by atoms with E-state index in [2.05, 4.69) is 15.9 Å². The summed E-state index contributed by atoms with van der Waals surface area (Å²) < 4.78 is 0.822. The fraction of sp³-hybridized carbons (Fsp3) is 0.250. The third-order valence-electron chi connectivity index (χ3n) is 0.414. The summed E-state index contributed by atoms with van der Waals surface area (Å²) in [7, 11) is 0. The summed E-state index contributed by atoms with van der Waals surface area (Å²) in [6.07, 6.45) is 3.06. The largest absolute Gasteiger partial charge is 0.308 e. The van der Waals surface area contributed by atoms with Crippen molar-refractivity contribution in [3.05, 3.63) is 10.6 Å². The van der Waals surface area contributed by atoms with Gasteiger partial charge in [0.2, 0.25) is 0 Å². The molecule has 0 aromatic rings. The molecule has 0 fully saturated rings. The molecule has 0 spiro atoms. The van der Waals surface area contributed by atoms with Crippen molar-refractivity contribution < 1.29 is 0 Å². The van der Waals surface area contributed by atoms with Crippen LogP contribution in [-0.4, -0.2) is 6.21 Å². The lowest BCUT2D eigenvalue weighted by molar-refractivity contribution is 1.57. The van der Waals surface area contributed by atoms with Gasteiger partial charge in [-0.2, -0.15) is 0 Å². The molecular formula is C4H6BrN. The van der Waals surface area contributed by atoms with Crippen LogP contribution >= 0.6 is 15.9 Å². The molecule has 0 bridgehead atoms. The molecule has 0 rings (SSSR count). The van der Waals surface area contributed by atoms with E-state index in [4.69, 9.17) is 5.41 Å². The molecule has 0 aromatic heterocycles. The van der Waals surface area contributed by atoms with Crippen LogP contribution in [0.5, 0.6) is 0 Å². The number of halogens is 1. The predicted octanol–water partition coefficient (Wildman–Crippen LogP) is 1.93. The Morgan fingerprint density at radius 1 is 1.83 bits per heavy atom. The molecule has 1 N–H and O–H groups in total. The van der Waals surface area contributed by atoms with Gasteiger partial charge in [0.15, 0.2) is 0 Å². The van der Waals surface area contributed by atoms with Crippen molar-refractivity contribution >= 4 is 22.1 Å². The monoisotopic (exact) mass is 147 g/mol. The SMILES string of the molecule is C/C=C(/Br)C=N. The summed E-state index contributed by atoms with van der Waals surface area (Å²) in [4.78, 5) is 0. The Bertz CT molecular complexity index is 75.6. The first kappa shape index (κ1) is 5.89. The van der Waals surface area contributed by atoms with Crippen molar-refractivity contribution in [3.63, 3.8) is 0 Å². The minimum absolute atomic E-state index is 0.822. The smallest absolute Gasteiger partial charge is 0.0316 e. The highest BCUT2D eigenvalue weighted by Crippen LogP contribution is 1.96. The molecule has 0 saturated carbocycles. The maximum Gasteiger partial charge on any atom is 0.0316 e. The third kappa shape index (κ3) is 2.15. The second-order valence-electron chi connectivity index (χ2n) is 0.818. The summed E-state index contributed by atoms with van der Waals surface area (Å²) in [6, 6.07) is 0. The van der Waals surface area contributed by atoms with Crippen LogP contribution in [0.3, 0.4) is 0 Å². The normalized spacial score (nSPS) is 11.3. The number of nitrogens with one attached hydrogen (secondary N) is 1. The van der Waals surface area contributed by atoms with Crippen LogP contribution in [-0.2, 0) is 0 Å². The van der Waals surface area contributed by atoms with Crippen LogP contribution in [0.4, 0.5) is 0 Å². The molecule has 0 aliphatic heterocycles. The van der Waals surface area contributed by atoms with Gasteiger partial charge in [-0.1, -0.05) is 6.08 Å². The Hall–Kier alpha value is -0.110. The highest BCUT2D eigenvalue weighted by molar-refractivity contribution is 9.12. The highest BCUT2D eigenvalue weighted by atomic mass is 79.9. The van der Waals surface area contributed by atoms with Crippen LogP contribution in [0.15, 0.2) is 10.6 Å². The van der Waals surface area contributed by atoms with Crippen molar-refractivity contribution in [1.29, 1.82) is 5.41 Å². The van der Waals surface area contributed by atoms with Gasteiger partial charge in [0.25, 0.3) is 0 Å². The zero-order valence-corrected chi connectivity index (χ0v) is 5.12. The van der Waals surface area contributed by atoms with Gasteiger partial charge in [0.05, 0.1) is 0 Å². The van der Waals surface area contributed by atoms with E-state index in [1.165, 1.54) is 6.21 Å². The predicted molar refractivity (Wildman–Crippen MR) is 31.5 cm³/mol. The molecule has 2 heteroatoms. The molecule has 0 amide bonds. The van der Waals surface area contributed by atoms with Crippen LogP contribution in [0.25, 0.3) is 0 Å². The Balaban J connectivity index is 3.50. The minimum atomic E-state index is 0.822. The van der Waals surface area contributed by atoms with E-state index in [0.29, 0.717) is 0 Å². The van der Waals surface area contributed by atoms with E-state index < -0.39 is 0 Å². The average Bonchev–Trinajstić information content (AvgIpc) is 1.65. The molecule has 0 aliphatic rings. The lowest BCUT2D eigenvalue weighted by Gasteiger charge is -1.73. The maximum absolute atomic E-state index is 6.57. The first-order valence-electron chi connectivity index (χ1n) is 1.63. The van der Waals surface area contributed by atoms with Gasteiger partial charge >= 0.3 is 0 Å². The van der Waals surface area contributed by atoms with Crippen LogP contribution < -0.4 is 0 Å². The molecule has 0 atom stereocenters. The molecule has 0 unspecified atom stereocenters. The molecule has 34 valence electrons. The van der Waals surface area contributed by atoms with Gasteiger partial charge in [-0.3, -0.25) is 0 Å². The standard InChI is InChI=1S/C4H6BrN/c1-2-4(5)3-6/h2-3,6H,1H3/b4-2+,6-3?. The number of hydrogen-bond acceptors (Lipinski definition) is 1. The van der Waals surface area contributed by atoms with Crippen LogP contribution in [0, 0.1) is 5.41 Å². The Morgan fingerprint density at radius 2 is 2.33 bits per heavy atom. The fourth-order valence-corrected chi connectivity index (χ4v) is 0.0833. The maximum atomic E-state index is 6.57. The van der Waals surface area contributed by atoms with Gasteiger partial charge in [-0.25, -0.2) is 0 Å². The van der Waals surface area contributed by atoms with Crippen molar-refractivity contribution in [2.75, 3.05) is 0 Å². The summed E-state index contributed by atoms with van der Waals surface area (Å²) >= 11 is 3.09. The summed E-state index contributed by atoms with van der Waals surface area (Å²) in [5, 5.41) is 6.57. The number of allylic oxidation sites excluding steroid dienone is 2. The van der Waals surface area contributed by atoms with Gasteiger partial charge in [-0.15, -0.1) is 0 Å². The zero-order chi connectivity index (χ0) is 4.99. The van der Waals surface area contributed by atoms with Gasteiger partial charge in [0.1, 0.15) is 0 Å². The molecule has 0 aromatic carbocycles. The van der Waals surface area contributed by atoms with Crippen molar-refractivity contribution in [2.24, 2.45) is 0 Å². The van der Waals surface area contributed by atoms with Crippen molar-refractivity contribution in [2.45, 2.75) is 6.92 Å². The van der Waals surface area contributed by atoms with Crippen molar-refractivity contribution in [3.8, 4) is 0 Å². The van der Waals surface area contributed by atoms with E-state index in [1.807, 2.05) is 13.0 Å². The first-order valence-corrected chi connectivity index (χ1v) is 2.43.